The predicted molar refractivity (Wildman–Crippen MR) is 114 cm³/mol. The molecular weight excluding hydrogens is 364 g/mol. The molecule has 0 N–H and O–H groups in total. The van der Waals surface area contributed by atoms with Crippen molar-refractivity contribution >= 4 is 11.8 Å². The molecule has 2 saturated heterocycles. The molecular formula is C23H36N4O2. The summed E-state index contributed by atoms with van der Waals surface area (Å²) in [7, 11) is 0. The lowest BCUT2D eigenvalue weighted by molar-refractivity contribution is -0.134. The van der Waals surface area contributed by atoms with Crippen molar-refractivity contribution in [2.24, 2.45) is 5.92 Å². The van der Waals surface area contributed by atoms with Gasteiger partial charge in [-0.15, -0.1) is 0 Å². The molecule has 1 aromatic rings. The summed E-state index contributed by atoms with van der Waals surface area (Å²) in [6.45, 7) is 11.4. The molecule has 0 spiro atoms. The second-order valence-corrected chi connectivity index (χ2v) is 8.63. The summed E-state index contributed by atoms with van der Waals surface area (Å²) in [6.07, 6.45) is 6.52. The minimum absolute atomic E-state index is 0.126. The molecule has 0 unspecified atom stereocenters. The Kier molecular flexibility index (Phi) is 7.25. The van der Waals surface area contributed by atoms with E-state index in [2.05, 4.69) is 13.8 Å². The van der Waals surface area contributed by atoms with Crippen LogP contribution < -0.4 is 0 Å². The highest BCUT2D eigenvalue weighted by molar-refractivity contribution is 5.79. The maximum Gasteiger partial charge on any atom is 0.227 e. The fourth-order valence-corrected chi connectivity index (χ4v) is 4.68. The number of nitrogens with zero attached hydrogens (tertiary/aromatic N) is 4. The van der Waals surface area contributed by atoms with E-state index >= 15 is 0 Å². The molecule has 0 aromatic carbocycles. The predicted octanol–water partition coefficient (Wildman–Crippen LogP) is 3.40. The highest BCUT2D eigenvalue weighted by Crippen LogP contribution is 2.28. The van der Waals surface area contributed by atoms with Crippen molar-refractivity contribution in [3.8, 4) is 0 Å². The van der Waals surface area contributed by atoms with E-state index in [4.69, 9.17) is 9.97 Å². The van der Waals surface area contributed by atoms with Crippen molar-refractivity contribution in [3.05, 3.63) is 22.8 Å². The van der Waals surface area contributed by atoms with Crippen LogP contribution in [0, 0.1) is 19.8 Å². The van der Waals surface area contributed by atoms with E-state index in [1.165, 1.54) is 6.42 Å². The van der Waals surface area contributed by atoms with Crippen LogP contribution in [0.2, 0.25) is 0 Å². The first-order valence-electron chi connectivity index (χ1n) is 11.3. The number of hydrogen-bond donors (Lipinski definition) is 0. The Morgan fingerprint density at radius 1 is 0.966 bits per heavy atom. The number of piperidine rings is 1. The fourth-order valence-electron chi connectivity index (χ4n) is 4.68. The molecule has 0 radical (unpaired) electrons. The smallest absolute Gasteiger partial charge is 0.227 e. The number of rotatable bonds is 6. The molecule has 3 rings (SSSR count). The summed E-state index contributed by atoms with van der Waals surface area (Å²) in [6, 6.07) is 0. The van der Waals surface area contributed by atoms with Crippen molar-refractivity contribution in [1.29, 1.82) is 0 Å². The van der Waals surface area contributed by atoms with Crippen LogP contribution in [0.4, 0.5) is 0 Å². The van der Waals surface area contributed by atoms with Gasteiger partial charge in [0.25, 0.3) is 0 Å². The van der Waals surface area contributed by atoms with Crippen LogP contribution >= 0.6 is 0 Å². The molecule has 6 nitrogen and oxygen atoms in total. The zero-order valence-electron chi connectivity index (χ0n) is 18.5. The fraction of sp³-hybridized carbons (Fsp3) is 0.739. The van der Waals surface area contributed by atoms with E-state index < -0.39 is 0 Å². The van der Waals surface area contributed by atoms with Gasteiger partial charge in [-0.05, 0) is 52.4 Å². The zero-order valence-corrected chi connectivity index (χ0v) is 18.5. The van der Waals surface area contributed by atoms with Gasteiger partial charge in [-0.3, -0.25) is 9.59 Å². The van der Waals surface area contributed by atoms with E-state index in [0.717, 1.165) is 74.5 Å². The molecule has 2 aliphatic rings. The third kappa shape index (κ3) is 4.96. The van der Waals surface area contributed by atoms with Crippen LogP contribution in [0.25, 0.3) is 0 Å². The molecule has 0 bridgehead atoms. The summed E-state index contributed by atoms with van der Waals surface area (Å²) >= 11 is 0. The van der Waals surface area contributed by atoms with Crippen molar-refractivity contribution in [1.82, 2.24) is 19.8 Å². The van der Waals surface area contributed by atoms with Gasteiger partial charge in [-0.2, -0.15) is 0 Å². The maximum absolute atomic E-state index is 12.7. The molecule has 2 aliphatic heterocycles. The molecule has 2 amide bonds. The van der Waals surface area contributed by atoms with Crippen LogP contribution in [-0.2, 0) is 16.0 Å². The number of amides is 2. The normalized spacial score (nSPS) is 19.8. The van der Waals surface area contributed by atoms with E-state index in [1.807, 2.05) is 23.6 Å². The summed E-state index contributed by atoms with van der Waals surface area (Å²) in [5.74, 6) is 1.61. The summed E-state index contributed by atoms with van der Waals surface area (Å²) < 4.78 is 0. The van der Waals surface area contributed by atoms with Gasteiger partial charge in [0.1, 0.15) is 5.82 Å². The molecule has 0 saturated carbocycles. The van der Waals surface area contributed by atoms with Crippen molar-refractivity contribution in [2.75, 3.05) is 26.2 Å². The second kappa shape index (κ2) is 9.68. The third-order valence-corrected chi connectivity index (χ3v) is 6.67. The van der Waals surface area contributed by atoms with Gasteiger partial charge < -0.3 is 9.80 Å². The summed E-state index contributed by atoms with van der Waals surface area (Å²) in [4.78, 5) is 38.9. The average Bonchev–Trinajstić information content (AvgIpc) is 3.22. The van der Waals surface area contributed by atoms with E-state index in [9.17, 15) is 9.59 Å². The topological polar surface area (TPSA) is 66.4 Å². The lowest BCUT2D eigenvalue weighted by Crippen LogP contribution is -2.37. The lowest BCUT2D eigenvalue weighted by atomic mass is 10.0. The molecule has 1 atom stereocenters. The van der Waals surface area contributed by atoms with Gasteiger partial charge >= 0.3 is 0 Å². The number of carbonyl (C=O) groups is 2. The van der Waals surface area contributed by atoms with Crippen molar-refractivity contribution < 1.29 is 9.59 Å². The Hall–Kier alpha value is -1.98. The number of hydrogen-bond acceptors (Lipinski definition) is 4. The van der Waals surface area contributed by atoms with Gasteiger partial charge in [-0.25, -0.2) is 9.97 Å². The number of aromatic nitrogens is 2. The number of aryl methyl sites for hydroxylation is 2. The third-order valence-electron chi connectivity index (χ3n) is 6.67. The SMILES string of the molecule is CCC(CC)C(=O)N1CC[C@H](c2nc(C)c(CC(=O)N3CCCCC3)c(C)n2)C1. The Morgan fingerprint density at radius 3 is 2.17 bits per heavy atom. The Morgan fingerprint density at radius 2 is 1.59 bits per heavy atom. The highest BCUT2D eigenvalue weighted by Gasteiger charge is 2.32. The minimum atomic E-state index is 0.126. The molecule has 0 aliphatic carbocycles. The maximum atomic E-state index is 12.7. The first-order chi connectivity index (χ1) is 13.9. The molecule has 1 aromatic heterocycles. The van der Waals surface area contributed by atoms with Gasteiger partial charge in [0.15, 0.2) is 0 Å². The van der Waals surface area contributed by atoms with Gasteiger partial charge in [0.2, 0.25) is 11.8 Å². The van der Waals surface area contributed by atoms with Crippen molar-refractivity contribution in [3.63, 3.8) is 0 Å². The molecule has 29 heavy (non-hydrogen) atoms. The molecule has 160 valence electrons. The first kappa shape index (κ1) is 21.7. The summed E-state index contributed by atoms with van der Waals surface area (Å²) in [5.41, 5.74) is 2.78. The molecule has 6 heteroatoms. The van der Waals surface area contributed by atoms with Crippen LogP contribution in [0.5, 0.6) is 0 Å². The zero-order chi connectivity index (χ0) is 21.0. The van der Waals surface area contributed by atoms with E-state index in [1.54, 1.807) is 0 Å². The highest BCUT2D eigenvalue weighted by atomic mass is 16.2. The van der Waals surface area contributed by atoms with Crippen LogP contribution in [-0.4, -0.2) is 57.8 Å². The minimum Gasteiger partial charge on any atom is -0.342 e. The number of likely N-dealkylation sites (tertiary alicyclic amines) is 2. The monoisotopic (exact) mass is 400 g/mol. The first-order valence-corrected chi connectivity index (χ1v) is 11.3. The summed E-state index contributed by atoms with van der Waals surface area (Å²) in [5, 5.41) is 0. The van der Waals surface area contributed by atoms with Crippen LogP contribution in [0.3, 0.4) is 0 Å². The largest absolute Gasteiger partial charge is 0.342 e. The van der Waals surface area contributed by atoms with Crippen LogP contribution in [0.1, 0.15) is 81.1 Å². The Balaban J connectivity index is 1.68. The second-order valence-electron chi connectivity index (χ2n) is 8.63. The Labute approximate surface area is 175 Å². The van der Waals surface area contributed by atoms with Crippen molar-refractivity contribution in [2.45, 2.75) is 78.6 Å². The van der Waals surface area contributed by atoms with E-state index in [-0.39, 0.29) is 23.7 Å². The van der Waals surface area contributed by atoms with Crippen LogP contribution in [0.15, 0.2) is 0 Å². The average molecular weight is 401 g/mol. The lowest BCUT2D eigenvalue weighted by Gasteiger charge is -2.27. The van der Waals surface area contributed by atoms with Gasteiger partial charge in [0, 0.05) is 55.0 Å². The standard InChI is InChI=1S/C23H36N4O2/c1-5-18(6-2)23(29)27-13-10-19(15-27)22-24-16(3)20(17(4)25-22)14-21(28)26-11-8-7-9-12-26/h18-19H,5-15H2,1-4H3/t19-/m0/s1. The van der Waals surface area contributed by atoms with Gasteiger partial charge in [0.05, 0.1) is 6.42 Å². The van der Waals surface area contributed by atoms with E-state index in [0.29, 0.717) is 13.0 Å². The quantitative estimate of drug-likeness (QED) is 0.734. The number of carbonyl (C=O) groups excluding carboxylic acids is 2. The molecule has 3 heterocycles. The van der Waals surface area contributed by atoms with Gasteiger partial charge in [-0.1, -0.05) is 13.8 Å². The molecule has 2 fully saturated rings. The Bertz CT molecular complexity index is 715.